The van der Waals surface area contributed by atoms with Crippen molar-refractivity contribution in [2.45, 2.75) is 18.6 Å². The topological polar surface area (TPSA) is 48.4 Å². The zero-order chi connectivity index (χ0) is 9.80. The molecule has 0 bridgehead atoms. The molecule has 1 aromatic heterocycles. The molecule has 0 aromatic carbocycles. The second-order valence-electron chi connectivity index (χ2n) is 3.43. The third-order valence-corrected chi connectivity index (χ3v) is 3.36. The number of hydrogen-bond acceptors (Lipinski definition) is 4. The Bertz CT molecular complexity index is 257. The highest BCUT2D eigenvalue weighted by Gasteiger charge is 2.22. The molecule has 2 N–H and O–H groups in total. The van der Waals surface area contributed by atoms with E-state index >= 15 is 0 Å². The van der Waals surface area contributed by atoms with E-state index in [0.717, 1.165) is 30.3 Å². The maximum atomic E-state index is 6.04. The third-order valence-electron chi connectivity index (χ3n) is 2.34. The quantitative estimate of drug-likeness (QED) is 0.821. The third kappa shape index (κ3) is 2.53. The fourth-order valence-electron chi connectivity index (χ4n) is 1.55. The van der Waals surface area contributed by atoms with Crippen LogP contribution in [-0.4, -0.2) is 30.3 Å². The molecule has 1 saturated heterocycles. The van der Waals surface area contributed by atoms with E-state index in [9.17, 15) is 0 Å². The van der Waals surface area contributed by atoms with Crippen LogP contribution in [0.5, 0.6) is 0 Å². The van der Waals surface area contributed by atoms with Crippen molar-refractivity contribution in [1.82, 2.24) is 0 Å². The summed E-state index contributed by atoms with van der Waals surface area (Å²) in [5.74, 6) is 3.03. The van der Waals surface area contributed by atoms with E-state index in [-0.39, 0.29) is 12.1 Å². The van der Waals surface area contributed by atoms with Gasteiger partial charge in [0.25, 0.3) is 0 Å². The minimum Gasteiger partial charge on any atom is -0.469 e. The summed E-state index contributed by atoms with van der Waals surface area (Å²) < 4.78 is 10.9. The normalized spacial score (nSPS) is 24.8. The van der Waals surface area contributed by atoms with Crippen LogP contribution < -0.4 is 5.73 Å². The highest BCUT2D eigenvalue weighted by Crippen LogP contribution is 2.16. The second-order valence-corrected chi connectivity index (χ2v) is 4.58. The lowest BCUT2D eigenvalue weighted by Gasteiger charge is -2.27. The average Bonchev–Trinajstić information content (AvgIpc) is 2.72. The van der Waals surface area contributed by atoms with Gasteiger partial charge >= 0.3 is 0 Å². The molecule has 78 valence electrons. The predicted octanol–water partition coefficient (Wildman–Crippen LogP) is 1.28. The van der Waals surface area contributed by atoms with Crippen molar-refractivity contribution in [3.8, 4) is 0 Å². The van der Waals surface area contributed by atoms with E-state index in [2.05, 4.69) is 0 Å². The van der Waals surface area contributed by atoms with Gasteiger partial charge in [-0.15, -0.1) is 0 Å². The summed E-state index contributed by atoms with van der Waals surface area (Å²) in [6.07, 6.45) is 2.62. The van der Waals surface area contributed by atoms with Crippen LogP contribution in [0.4, 0.5) is 0 Å². The molecule has 0 radical (unpaired) electrons. The average molecular weight is 213 g/mol. The molecule has 0 aliphatic carbocycles. The minimum atomic E-state index is 0.0500. The molecule has 1 fully saturated rings. The number of ether oxygens (including phenoxy) is 1. The van der Waals surface area contributed by atoms with Crippen molar-refractivity contribution >= 4 is 11.8 Å². The molecule has 0 amide bonds. The van der Waals surface area contributed by atoms with E-state index in [0.29, 0.717) is 0 Å². The van der Waals surface area contributed by atoms with E-state index in [1.165, 1.54) is 0 Å². The summed E-state index contributed by atoms with van der Waals surface area (Å²) in [7, 11) is 0. The summed E-state index contributed by atoms with van der Waals surface area (Å²) in [5.41, 5.74) is 6.04. The van der Waals surface area contributed by atoms with Crippen molar-refractivity contribution in [3.63, 3.8) is 0 Å². The molecule has 4 heteroatoms. The highest BCUT2D eigenvalue weighted by atomic mass is 32.2. The Morgan fingerprint density at radius 1 is 1.64 bits per heavy atom. The maximum Gasteiger partial charge on any atom is 0.105 e. The van der Waals surface area contributed by atoms with Crippen molar-refractivity contribution < 1.29 is 9.15 Å². The molecule has 2 atom stereocenters. The Morgan fingerprint density at radius 3 is 3.21 bits per heavy atom. The van der Waals surface area contributed by atoms with Gasteiger partial charge in [0.15, 0.2) is 0 Å². The lowest BCUT2D eigenvalue weighted by molar-refractivity contribution is 0.0560. The van der Waals surface area contributed by atoms with Gasteiger partial charge < -0.3 is 14.9 Å². The molecule has 2 rings (SSSR count). The van der Waals surface area contributed by atoms with E-state index in [4.69, 9.17) is 14.9 Å². The van der Waals surface area contributed by atoms with E-state index in [1.54, 1.807) is 6.26 Å². The van der Waals surface area contributed by atoms with Crippen molar-refractivity contribution in [3.05, 3.63) is 24.2 Å². The first-order chi connectivity index (χ1) is 6.86. The SMILES string of the molecule is NC(Cc1ccco1)C1CSCCO1. The lowest BCUT2D eigenvalue weighted by atomic mass is 10.1. The Labute approximate surface area is 88.0 Å². The second kappa shape index (κ2) is 4.87. The molecule has 3 nitrogen and oxygen atoms in total. The summed E-state index contributed by atoms with van der Waals surface area (Å²) in [6, 6.07) is 3.89. The number of nitrogens with two attached hydrogens (primary N) is 1. The molecule has 1 aliphatic heterocycles. The molecule has 0 spiro atoms. The molecular weight excluding hydrogens is 198 g/mol. The fraction of sp³-hybridized carbons (Fsp3) is 0.600. The summed E-state index contributed by atoms with van der Waals surface area (Å²) in [4.78, 5) is 0. The maximum absolute atomic E-state index is 6.04. The molecule has 1 aromatic rings. The van der Waals surface area contributed by atoms with E-state index < -0.39 is 0 Å². The number of hydrogen-bond donors (Lipinski definition) is 1. The fourth-order valence-corrected chi connectivity index (χ4v) is 2.50. The summed E-state index contributed by atoms with van der Waals surface area (Å²) in [5, 5.41) is 0. The van der Waals surface area contributed by atoms with Gasteiger partial charge in [0.2, 0.25) is 0 Å². The van der Waals surface area contributed by atoms with Gasteiger partial charge in [0.1, 0.15) is 5.76 Å². The van der Waals surface area contributed by atoms with Crippen LogP contribution >= 0.6 is 11.8 Å². The van der Waals surface area contributed by atoms with Crippen molar-refractivity contribution in [2.75, 3.05) is 18.1 Å². The van der Waals surface area contributed by atoms with Crippen LogP contribution in [0.25, 0.3) is 0 Å². The monoisotopic (exact) mass is 213 g/mol. The van der Waals surface area contributed by atoms with Crippen molar-refractivity contribution in [1.29, 1.82) is 0 Å². The summed E-state index contributed by atoms with van der Waals surface area (Å²) in [6.45, 7) is 0.821. The first-order valence-corrected chi connectivity index (χ1v) is 5.99. The standard InChI is InChI=1S/C10H15NO2S/c11-9(6-8-2-1-3-12-8)10-7-14-5-4-13-10/h1-3,9-10H,4-7,11H2. The number of furan rings is 1. The Hall–Kier alpha value is -0.450. The predicted molar refractivity (Wildman–Crippen MR) is 57.5 cm³/mol. The Balaban J connectivity index is 1.85. The largest absolute Gasteiger partial charge is 0.469 e. The highest BCUT2D eigenvalue weighted by molar-refractivity contribution is 7.99. The molecule has 14 heavy (non-hydrogen) atoms. The van der Waals surface area contributed by atoms with Crippen LogP contribution in [0.2, 0.25) is 0 Å². The minimum absolute atomic E-state index is 0.0500. The molecule has 2 heterocycles. The summed E-state index contributed by atoms with van der Waals surface area (Å²) >= 11 is 1.91. The van der Waals surface area contributed by atoms with Crippen LogP contribution in [0.3, 0.4) is 0 Å². The van der Waals surface area contributed by atoms with Crippen molar-refractivity contribution in [2.24, 2.45) is 5.73 Å². The van der Waals surface area contributed by atoms with Gasteiger partial charge in [-0.3, -0.25) is 0 Å². The molecule has 2 unspecified atom stereocenters. The smallest absolute Gasteiger partial charge is 0.105 e. The molecule has 1 aliphatic rings. The first-order valence-electron chi connectivity index (χ1n) is 4.83. The van der Waals surface area contributed by atoms with Gasteiger partial charge in [-0.25, -0.2) is 0 Å². The number of thioether (sulfide) groups is 1. The van der Waals surface area contributed by atoms with Gasteiger partial charge in [-0.2, -0.15) is 11.8 Å². The van der Waals surface area contributed by atoms with Crippen LogP contribution in [-0.2, 0) is 11.2 Å². The van der Waals surface area contributed by atoms with E-state index in [1.807, 2.05) is 23.9 Å². The van der Waals surface area contributed by atoms with Gasteiger partial charge in [-0.1, -0.05) is 0 Å². The first kappa shape index (κ1) is 10.1. The molecular formula is C10H15NO2S. The Morgan fingerprint density at radius 2 is 2.57 bits per heavy atom. The Kier molecular flexibility index (Phi) is 3.50. The van der Waals surface area contributed by atoms with Gasteiger partial charge in [0, 0.05) is 24.0 Å². The van der Waals surface area contributed by atoms with Crippen LogP contribution in [0.1, 0.15) is 5.76 Å². The molecule has 0 saturated carbocycles. The zero-order valence-electron chi connectivity index (χ0n) is 8.02. The van der Waals surface area contributed by atoms with Gasteiger partial charge in [-0.05, 0) is 12.1 Å². The van der Waals surface area contributed by atoms with Crippen LogP contribution in [0.15, 0.2) is 22.8 Å². The van der Waals surface area contributed by atoms with Crippen LogP contribution in [0, 0.1) is 0 Å². The number of rotatable bonds is 3. The lowest BCUT2D eigenvalue weighted by Crippen LogP contribution is -2.42. The zero-order valence-corrected chi connectivity index (χ0v) is 8.83. The van der Waals surface area contributed by atoms with Gasteiger partial charge in [0.05, 0.1) is 19.0 Å².